The number of nitrogens with one attached hydrogen (secondary N) is 1. The average Bonchev–Trinajstić information content (AvgIpc) is 3.04. The highest BCUT2D eigenvalue weighted by molar-refractivity contribution is 9.10. The van der Waals surface area contributed by atoms with Crippen molar-refractivity contribution in [3.05, 3.63) is 82.6 Å². The van der Waals surface area contributed by atoms with Crippen LogP contribution in [0.15, 0.2) is 81.3 Å². The fraction of sp³-hybridized carbons (Fsp3) is 0.0556. The first-order valence-corrected chi connectivity index (χ1v) is 9.78. The number of hydrazone groups is 1. The van der Waals surface area contributed by atoms with E-state index >= 15 is 0 Å². The van der Waals surface area contributed by atoms with Crippen LogP contribution in [0.3, 0.4) is 0 Å². The lowest BCUT2D eigenvalue weighted by molar-refractivity contribution is 0.584. The van der Waals surface area contributed by atoms with Gasteiger partial charge in [0, 0.05) is 16.4 Å². The summed E-state index contributed by atoms with van der Waals surface area (Å²) in [4.78, 5) is 2.42. The minimum Gasteiger partial charge on any atom is -0.316 e. The molecule has 0 amide bonds. The van der Waals surface area contributed by atoms with Crippen LogP contribution in [0.4, 0.5) is 0 Å². The van der Waals surface area contributed by atoms with Crippen molar-refractivity contribution in [2.45, 2.75) is 11.8 Å². The molecule has 25 heavy (non-hydrogen) atoms. The Morgan fingerprint density at radius 3 is 2.40 bits per heavy atom. The van der Waals surface area contributed by atoms with E-state index in [9.17, 15) is 8.42 Å². The Morgan fingerprint density at radius 1 is 1.04 bits per heavy atom. The van der Waals surface area contributed by atoms with Crippen molar-refractivity contribution in [2.75, 3.05) is 0 Å². The van der Waals surface area contributed by atoms with Crippen LogP contribution < -0.4 is 4.83 Å². The van der Waals surface area contributed by atoms with Gasteiger partial charge in [0.25, 0.3) is 10.0 Å². The van der Waals surface area contributed by atoms with E-state index in [4.69, 9.17) is 0 Å². The van der Waals surface area contributed by atoms with Gasteiger partial charge in [0.2, 0.25) is 0 Å². The third kappa shape index (κ3) is 4.18. The van der Waals surface area contributed by atoms with Crippen LogP contribution in [0.25, 0.3) is 5.69 Å². The number of rotatable bonds is 5. The topological polar surface area (TPSA) is 63.5 Å². The molecule has 0 aliphatic heterocycles. The zero-order chi connectivity index (χ0) is 17.9. The van der Waals surface area contributed by atoms with Gasteiger partial charge in [0.15, 0.2) is 0 Å². The number of halogens is 1. The van der Waals surface area contributed by atoms with Crippen molar-refractivity contribution in [3.8, 4) is 5.69 Å². The summed E-state index contributed by atoms with van der Waals surface area (Å²) < 4.78 is 27.4. The van der Waals surface area contributed by atoms with Gasteiger partial charge in [-0.2, -0.15) is 13.5 Å². The molecule has 5 nitrogen and oxygen atoms in total. The van der Waals surface area contributed by atoms with E-state index in [1.54, 1.807) is 24.3 Å². The van der Waals surface area contributed by atoms with E-state index in [0.29, 0.717) is 0 Å². The van der Waals surface area contributed by atoms with Crippen molar-refractivity contribution in [1.29, 1.82) is 0 Å². The van der Waals surface area contributed by atoms with Gasteiger partial charge in [0.05, 0.1) is 16.8 Å². The lowest BCUT2D eigenvalue weighted by atomic mass is 10.2. The normalized spacial score (nSPS) is 11.8. The number of hydrogen-bond acceptors (Lipinski definition) is 3. The fourth-order valence-corrected chi connectivity index (χ4v) is 3.32. The van der Waals surface area contributed by atoms with Crippen molar-refractivity contribution in [1.82, 2.24) is 9.40 Å². The standard InChI is InChI=1S/C18H16BrN3O2S/c1-14-4-10-18(11-5-14)25(23,24)21-20-13-17-3-2-12-22(17)16-8-6-15(19)7-9-16/h2-13,21H,1H3/b20-13-. The second-order valence-electron chi connectivity index (χ2n) is 5.45. The third-order valence-electron chi connectivity index (χ3n) is 3.59. The molecule has 0 saturated carbocycles. The lowest BCUT2D eigenvalue weighted by Gasteiger charge is -2.07. The van der Waals surface area contributed by atoms with E-state index in [2.05, 4.69) is 25.9 Å². The number of nitrogens with zero attached hydrogens (tertiary/aromatic N) is 2. The van der Waals surface area contributed by atoms with E-state index in [1.807, 2.05) is 54.1 Å². The Bertz CT molecular complexity index is 992. The SMILES string of the molecule is Cc1ccc(S(=O)(=O)N/N=C\c2cccn2-c2ccc(Br)cc2)cc1. The highest BCUT2D eigenvalue weighted by Crippen LogP contribution is 2.16. The first-order valence-electron chi connectivity index (χ1n) is 7.50. The zero-order valence-electron chi connectivity index (χ0n) is 13.4. The van der Waals surface area contributed by atoms with Crippen LogP contribution in [0.1, 0.15) is 11.3 Å². The predicted octanol–water partition coefficient (Wildman–Crippen LogP) is 3.86. The van der Waals surface area contributed by atoms with E-state index in [-0.39, 0.29) is 4.90 Å². The van der Waals surface area contributed by atoms with Crippen LogP contribution in [0.2, 0.25) is 0 Å². The Labute approximate surface area is 155 Å². The molecule has 0 aliphatic rings. The number of benzene rings is 2. The summed E-state index contributed by atoms with van der Waals surface area (Å²) in [5.41, 5.74) is 2.71. The molecule has 0 unspecified atom stereocenters. The van der Waals surface area contributed by atoms with Crippen LogP contribution in [0.5, 0.6) is 0 Å². The summed E-state index contributed by atoms with van der Waals surface area (Å²) in [7, 11) is -3.68. The van der Waals surface area contributed by atoms with Gasteiger partial charge in [0.1, 0.15) is 0 Å². The quantitative estimate of drug-likeness (QED) is 0.505. The molecule has 7 heteroatoms. The molecule has 128 valence electrons. The molecular weight excluding hydrogens is 402 g/mol. The van der Waals surface area contributed by atoms with Crippen LogP contribution in [-0.4, -0.2) is 19.2 Å². The van der Waals surface area contributed by atoms with Gasteiger partial charge in [-0.25, -0.2) is 4.83 Å². The zero-order valence-corrected chi connectivity index (χ0v) is 15.8. The summed E-state index contributed by atoms with van der Waals surface area (Å²) in [5, 5.41) is 3.89. The number of aryl methyl sites for hydroxylation is 1. The molecule has 0 fully saturated rings. The van der Waals surface area contributed by atoms with Gasteiger partial charge < -0.3 is 4.57 Å². The Hall–Kier alpha value is -2.38. The monoisotopic (exact) mass is 417 g/mol. The van der Waals surface area contributed by atoms with Crippen molar-refractivity contribution >= 4 is 32.2 Å². The molecular formula is C18H16BrN3O2S. The van der Waals surface area contributed by atoms with E-state index < -0.39 is 10.0 Å². The molecule has 0 radical (unpaired) electrons. The average molecular weight is 418 g/mol. The highest BCUT2D eigenvalue weighted by atomic mass is 79.9. The molecule has 0 spiro atoms. The van der Waals surface area contributed by atoms with Crippen molar-refractivity contribution in [2.24, 2.45) is 5.10 Å². The summed E-state index contributed by atoms with van der Waals surface area (Å²) in [6.07, 6.45) is 3.37. The summed E-state index contributed by atoms with van der Waals surface area (Å²) in [6.45, 7) is 1.90. The highest BCUT2D eigenvalue weighted by Gasteiger charge is 2.12. The number of sulfonamides is 1. The number of hydrogen-bond donors (Lipinski definition) is 1. The van der Waals surface area contributed by atoms with Gasteiger partial charge in [-0.05, 0) is 55.5 Å². The van der Waals surface area contributed by atoms with Crippen LogP contribution in [-0.2, 0) is 10.0 Å². The Morgan fingerprint density at radius 2 is 1.72 bits per heavy atom. The molecule has 3 aromatic rings. The molecule has 0 saturated heterocycles. The molecule has 0 aliphatic carbocycles. The van der Waals surface area contributed by atoms with Crippen LogP contribution >= 0.6 is 15.9 Å². The first-order chi connectivity index (χ1) is 12.0. The smallest absolute Gasteiger partial charge is 0.276 e. The largest absolute Gasteiger partial charge is 0.316 e. The number of aromatic nitrogens is 1. The minimum atomic E-state index is -3.68. The fourth-order valence-electron chi connectivity index (χ4n) is 2.27. The molecule has 1 heterocycles. The van der Waals surface area contributed by atoms with E-state index in [1.165, 1.54) is 6.21 Å². The third-order valence-corrected chi connectivity index (χ3v) is 5.35. The molecule has 1 N–H and O–H groups in total. The van der Waals surface area contributed by atoms with Gasteiger partial charge in [-0.1, -0.05) is 33.6 Å². The molecule has 1 aromatic heterocycles. The Balaban J connectivity index is 1.78. The van der Waals surface area contributed by atoms with Crippen molar-refractivity contribution in [3.63, 3.8) is 0 Å². The summed E-state index contributed by atoms with van der Waals surface area (Å²) in [5.74, 6) is 0. The van der Waals surface area contributed by atoms with Gasteiger partial charge in [-0.15, -0.1) is 0 Å². The predicted molar refractivity (Wildman–Crippen MR) is 103 cm³/mol. The molecule has 2 aromatic carbocycles. The second-order valence-corrected chi connectivity index (χ2v) is 8.02. The Kier molecular flexibility index (Phi) is 5.06. The lowest BCUT2D eigenvalue weighted by Crippen LogP contribution is -2.18. The molecule has 0 atom stereocenters. The minimum absolute atomic E-state index is 0.179. The maximum absolute atomic E-state index is 12.2. The molecule has 3 rings (SSSR count). The molecule has 0 bridgehead atoms. The first kappa shape index (κ1) is 17.4. The maximum atomic E-state index is 12.2. The van der Waals surface area contributed by atoms with Gasteiger partial charge in [-0.3, -0.25) is 0 Å². The van der Waals surface area contributed by atoms with Gasteiger partial charge >= 0.3 is 0 Å². The maximum Gasteiger partial charge on any atom is 0.276 e. The summed E-state index contributed by atoms with van der Waals surface area (Å²) in [6, 6.07) is 18.1. The van der Waals surface area contributed by atoms with Crippen molar-refractivity contribution < 1.29 is 8.42 Å². The van der Waals surface area contributed by atoms with Crippen LogP contribution in [0, 0.1) is 6.92 Å². The second kappa shape index (κ2) is 7.25. The van der Waals surface area contributed by atoms with E-state index in [0.717, 1.165) is 21.4 Å². The summed E-state index contributed by atoms with van der Waals surface area (Å²) >= 11 is 3.41.